The molecule has 1 amide bonds. The third-order valence-electron chi connectivity index (χ3n) is 5.92. The first kappa shape index (κ1) is 22.2. The Morgan fingerprint density at radius 1 is 1.06 bits per heavy atom. The molecule has 0 aliphatic carbocycles. The molecule has 1 aliphatic rings. The molecule has 4 rings (SSSR count). The molecule has 1 unspecified atom stereocenters. The summed E-state index contributed by atoms with van der Waals surface area (Å²) in [5.74, 6) is 2.33. The van der Waals surface area contributed by atoms with Crippen molar-refractivity contribution in [3.63, 3.8) is 0 Å². The van der Waals surface area contributed by atoms with Crippen molar-refractivity contribution in [3.05, 3.63) is 75.0 Å². The van der Waals surface area contributed by atoms with Crippen LogP contribution in [0.4, 0.5) is 0 Å². The van der Waals surface area contributed by atoms with Gasteiger partial charge in [0.25, 0.3) is 0 Å². The Hall–Kier alpha value is -2.99. The molecule has 2 aromatic carbocycles. The van der Waals surface area contributed by atoms with Gasteiger partial charge in [-0.15, -0.1) is 11.3 Å². The zero-order chi connectivity index (χ0) is 22.7. The topological polar surface area (TPSA) is 48.0 Å². The van der Waals surface area contributed by atoms with Gasteiger partial charge < -0.3 is 19.1 Å². The van der Waals surface area contributed by atoms with Crippen LogP contribution in [0.2, 0.25) is 0 Å². The minimum Gasteiger partial charge on any atom is -0.493 e. The van der Waals surface area contributed by atoms with E-state index in [9.17, 15) is 4.79 Å². The smallest absolute Gasteiger partial charge is 0.226 e. The van der Waals surface area contributed by atoms with E-state index in [1.165, 1.54) is 5.56 Å². The molecule has 0 saturated carbocycles. The zero-order valence-corrected chi connectivity index (χ0v) is 19.8. The van der Waals surface area contributed by atoms with Gasteiger partial charge in [-0.2, -0.15) is 0 Å². The average Bonchev–Trinajstić information content (AvgIpc) is 3.34. The van der Waals surface area contributed by atoms with E-state index in [0.29, 0.717) is 25.3 Å². The van der Waals surface area contributed by atoms with Crippen LogP contribution in [-0.2, 0) is 11.2 Å². The summed E-state index contributed by atoms with van der Waals surface area (Å²) in [6.45, 7) is 5.08. The lowest BCUT2D eigenvalue weighted by Crippen LogP contribution is -2.40. The fourth-order valence-electron chi connectivity index (χ4n) is 4.22. The number of methoxy groups -OCH3 is 2. The van der Waals surface area contributed by atoms with Gasteiger partial charge in [0.1, 0.15) is 5.75 Å². The molecule has 0 spiro atoms. The number of aryl methyl sites for hydroxylation is 2. The van der Waals surface area contributed by atoms with Gasteiger partial charge in [-0.25, -0.2) is 0 Å². The van der Waals surface area contributed by atoms with Gasteiger partial charge in [0.15, 0.2) is 11.5 Å². The molecule has 2 heterocycles. The first-order valence-corrected chi connectivity index (χ1v) is 11.7. The van der Waals surface area contributed by atoms with Crippen molar-refractivity contribution in [2.75, 3.05) is 27.4 Å². The summed E-state index contributed by atoms with van der Waals surface area (Å²) >= 11 is 1.66. The maximum absolute atomic E-state index is 13.3. The van der Waals surface area contributed by atoms with Crippen LogP contribution < -0.4 is 14.2 Å². The Balaban J connectivity index is 1.56. The second kappa shape index (κ2) is 9.65. The molecule has 6 heteroatoms. The Kier molecular flexibility index (Phi) is 6.70. The van der Waals surface area contributed by atoms with Gasteiger partial charge in [-0.3, -0.25) is 4.79 Å². The number of ether oxygens (including phenoxy) is 3. The number of benzene rings is 2. The first-order valence-electron chi connectivity index (χ1n) is 10.8. The molecule has 1 aromatic heterocycles. The van der Waals surface area contributed by atoms with E-state index in [0.717, 1.165) is 39.5 Å². The van der Waals surface area contributed by atoms with Gasteiger partial charge in [-0.1, -0.05) is 18.2 Å². The predicted octanol–water partition coefficient (Wildman–Crippen LogP) is 5.33. The van der Waals surface area contributed by atoms with Crippen molar-refractivity contribution in [1.29, 1.82) is 0 Å². The number of carbonyl (C=O) groups is 1. The zero-order valence-electron chi connectivity index (χ0n) is 19.0. The predicted molar refractivity (Wildman–Crippen MR) is 127 cm³/mol. The molecule has 168 valence electrons. The minimum atomic E-state index is -0.133. The molecule has 1 atom stereocenters. The molecule has 0 bridgehead atoms. The standard InChI is InChI=1S/C26H29NO4S/c1-17-7-8-18(2)21(14-17)31-12-10-25(28)27-11-9-19-15-22(29-3)23(30-4)16-20(19)26(27)24-6-5-13-32-24/h5-8,13-16,26H,9-12H2,1-4H3. The summed E-state index contributed by atoms with van der Waals surface area (Å²) in [7, 11) is 3.29. The quantitative estimate of drug-likeness (QED) is 0.487. The van der Waals surface area contributed by atoms with Gasteiger partial charge in [0, 0.05) is 11.4 Å². The van der Waals surface area contributed by atoms with Gasteiger partial charge in [0.2, 0.25) is 5.91 Å². The number of rotatable bonds is 7. The number of carbonyl (C=O) groups excluding carboxylic acids is 1. The van der Waals surface area contributed by atoms with Crippen molar-refractivity contribution in [2.24, 2.45) is 0 Å². The van der Waals surface area contributed by atoms with Crippen molar-refractivity contribution in [1.82, 2.24) is 4.90 Å². The number of hydrogen-bond acceptors (Lipinski definition) is 5. The molecular weight excluding hydrogens is 422 g/mol. The highest BCUT2D eigenvalue weighted by molar-refractivity contribution is 7.10. The molecule has 0 N–H and O–H groups in total. The number of nitrogens with zero attached hydrogens (tertiary/aromatic N) is 1. The van der Waals surface area contributed by atoms with Gasteiger partial charge >= 0.3 is 0 Å². The molecule has 32 heavy (non-hydrogen) atoms. The summed E-state index contributed by atoms with van der Waals surface area (Å²) in [5, 5.41) is 2.05. The Bertz CT molecular complexity index is 1090. The first-order chi connectivity index (χ1) is 15.5. The highest BCUT2D eigenvalue weighted by Gasteiger charge is 2.33. The van der Waals surface area contributed by atoms with Crippen LogP contribution in [-0.4, -0.2) is 38.2 Å². The Morgan fingerprint density at radius 3 is 2.56 bits per heavy atom. The van der Waals surface area contributed by atoms with Crippen LogP contribution in [0.5, 0.6) is 17.2 Å². The maximum Gasteiger partial charge on any atom is 0.226 e. The number of amides is 1. The molecule has 1 aliphatic heterocycles. The molecular formula is C26H29NO4S. The summed E-state index contributed by atoms with van der Waals surface area (Å²) in [6.07, 6.45) is 1.11. The van der Waals surface area contributed by atoms with E-state index in [1.807, 2.05) is 49.1 Å². The molecule has 3 aromatic rings. The fraction of sp³-hybridized carbons (Fsp3) is 0.346. The lowest BCUT2D eigenvalue weighted by Gasteiger charge is -2.37. The summed E-state index contributed by atoms with van der Waals surface area (Å²) in [6, 6.07) is 14.2. The van der Waals surface area contributed by atoms with E-state index in [-0.39, 0.29) is 11.9 Å². The van der Waals surface area contributed by atoms with Gasteiger partial charge in [-0.05, 0) is 72.2 Å². The number of hydrogen-bond donors (Lipinski definition) is 0. The SMILES string of the molecule is COc1cc2c(cc1OC)C(c1cccs1)N(C(=O)CCOc1cc(C)ccc1C)CC2. The van der Waals surface area contributed by atoms with Crippen molar-refractivity contribution in [2.45, 2.75) is 32.7 Å². The highest BCUT2D eigenvalue weighted by Crippen LogP contribution is 2.42. The molecule has 5 nitrogen and oxygen atoms in total. The highest BCUT2D eigenvalue weighted by atomic mass is 32.1. The third-order valence-corrected chi connectivity index (χ3v) is 6.85. The van der Waals surface area contributed by atoms with E-state index >= 15 is 0 Å². The van der Waals surface area contributed by atoms with Crippen LogP contribution in [0.15, 0.2) is 47.8 Å². The largest absolute Gasteiger partial charge is 0.493 e. The normalized spacial score (nSPS) is 15.2. The van der Waals surface area contributed by atoms with E-state index in [1.54, 1.807) is 25.6 Å². The summed E-state index contributed by atoms with van der Waals surface area (Å²) < 4.78 is 17.0. The summed E-state index contributed by atoms with van der Waals surface area (Å²) in [4.78, 5) is 16.4. The van der Waals surface area contributed by atoms with E-state index in [4.69, 9.17) is 14.2 Å². The van der Waals surface area contributed by atoms with E-state index in [2.05, 4.69) is 17.5 Å². The molecule has 0 saturated heterocycles. The summed E-state index contributed by atoms with van der Waals surface area (Å²) in [5.41, 5.74) is 4.51. The second-order valence-corrected chi connectivity index (χ2v) is 9.01. The van der Waals surface area contributed by atoms with Crippen molar-refractivity contribution in [3.8, 4) is 17.2 Å². The van der Waals surface area contributed by atoms with Crippen LogP contribution in [0.3, 0.4) is 0 Å². The van der Waals surface area contributed by atoms with Crippen LogP contribution in [0, 0.1) is 13.8 Å². The van der Waals surface area contributed by atoms with Crippen molar-refractivity contribution < 1.29 is 19.0 Å². The molecule has 0 fully saturated rings. The Morgan fingerprint density at radius 2 is 1.84 bits per heavy atom. The lowest BCUT2D eigenvalue weighted by molar-refractivity contribution is -0.133. The monoisotopic (exact) mass is 451 g/mol. The number of thiophene rings is 1. The Labute approximate surface area is 193 Å². The second-order valence-electron chi connectivity index (χ2n) is 8.03. The number of fused-ring (bicyclic) bond motifs is 1. The fourth-order valence-corrected chi connectivity index (χ4v) is 5.08. The minimum absolute atomic E-state index is 0.0918. The van der Waals surface area contributed by atoms with Crippen molar-refractivity contribution >= 4 is 17.2 Å². The van der Waals surface area contributed by atoms with Crippen LogP contribution >= 0.6 is 11.3 Å². The van der Waals surface area contributed by atoms with Crippen LogP contribution in [0.1, 0.15) is 39.6 Å². The van der Waals surface area contributed by atoms with E-state index < -0.39 is 0 Å². The van der Waals surface area contributed by atoms with Gasteiger partial charge in [0.05, 0.1) is 33.3 Å². The average molecular weight is 452 g/mol. The van der Waals surface area contributed by atoms with Crippen LogP contribution in [0.25, 0.3) is 0 Å². The lowest BCUT2D eigenvalue weighted by atomic mass is 9.90. The molecule has 0 radical (unpaired) electrons. The third kappa shape index (κ3) is 4.46. The maximum atomic E-state index is 13.3.